The summed E-state index contributed by atoms with van der Waals surface area (Å²) in [5.41, 5.74) is 0.996. The number of rotatable bonds is 2. The maximum atomic E-state index is 5.91. The molecule has 0 aliphatic rings. The van der Waals surface area contributed by atoms with Gasteiger partial charge in [0.15, 0.2) is 5.82 Å². The van der Waals surface area contributed by atoms with Crippen LogP contribution in [0, 0.1) is 0 Å². The predicted molar refractivity (Wildman–Crippen MR) is 68.6 cm³/mol. The third kappa shape index (κ3) is 2.13. The summed E-state index contributed by atoms with van der Waals surface area (Å²) in [5, 5.41) is 8.78. The highest BCUT2D eigenvalue weighted by Gasteiger charge is 2.12. The van der Waals surface area contributed by atoms with Crippen LogP contribution >= 0.6 is 27.5 Å². The second kappa shape index (κ2) is 4.55. The van der Waals surface area contributed by atoms with Crippen LogP contribution in [0.1, 0.15) is 19.9 Å². The average Bonchev–Trinajstić information content (AvgIpc) is 2.66. The molecule has 0 aliphatic heterocycles. The summed E-state index contributed by atoms with van der Waals surface area (Å²) in [6, 6.07) is 5.97. The molecular weight excluding hydrogens is 289 g/mol. The normalized spacial score (nSPS) is 11.1. The fraction of sp³-hybridized carbons (Fsp3) is 0.273. The molecular formula is C11H11BrClN3. The van der Waals surface area contributed by atoms with E-state index in [4.69, 9.17) is 11.6 Å². The summed E-state index contributed by atoms with van der Waals surface area (Å²) in [6.07, 6.45) is 1.74. The quantitative estimate of drug-likeness (QED) is 0.841. The Labute approximate surface area is 108 Å². The van der Waals surface area contributed by atoms with Gasteiger partial charge in [0.25, 0.3) is 0 Å². The zero-order valence-electron chi connectivity index (χ0n) is 8.98. The van der Waals surface area contributed by atoms with Crippen molar-refractivity contribution in [3.8, 4) is 11.4 Å². The minimum absolute atomic E-state index is 0.326. The maximum Gasteiger partial charge on any atom is 0.165 e. The van der Waals surface area contributed by atoms with Crippen molar-refractivity contribution in [3.05, 3.63) is 34.0 Å². The first-order valence-electron chi connectivity index (χ1n) is 4.94. The van der Waals surface area contributed by atoms with E-state index < -0.39 is 0 Å². The summed E-state index contributed by atoms with van der Waals surface area (Å²) >= 11 is 9.39. The van der Waals surface area contributed by atoms with Gasteiger partial charge in [-0.3, -0.25) is 0 Å². The molecule has 0 N–H and O–H groups in total. The van der Waals surface area contributed by atoms with E-state index in [0.29, 0.717) is 11.1 Å². The van der Waals surface area contributed by atoms with E-state index in [0.717, 1.165) is 15.9 Å². The van der Waals surface area contributed by atoms with Gasteiger partial charge in [-0.25, -0.2) is 0 Å². The molecule has 0 saturated heterocycles. The molecule has 0 atom stereocenters. The molecule has 0 radical (unpaired) electrons. The molecule has 0 saturated carbocycles. The Kier molecular flexibility index (Phi) is 3.30. The molecule has 3 nitrogen and oxygen atoms in total. The number of nitrogens with zero attached hydrogens (tertiary/aromatic N) is 3. The summed E-state index contributed by atoms with van der Waals surface area (Å²) in [4.78, 5) is 0. The van der Waals surface area contributed by atoms with Gasteiger partial charge in [-0.1, -0.05) is 11.6 Å². The largest absolute Gasteiger partial charge is 0.311 e. The van der Waals surface area contributed by atoms with Crippen LogP contribution in [0.25, 0.3) is 11.4 Å². The van der Waals surface area contributed by atoms with Crippen molar-refractivity contribution in [2.75, 3.05) is 0 Å². The molecule has 16 heavy (non-hydrogen) atoms. The van der Waals surface area contributed by atoms with Crippen molar-refractivity contribution in [2.45, 2.75) is 19.9 Å². The standard InChI is InChI=1S/C11H11BrClN3/c1-7(2)16-6-14-15-11(16)9-4-3-8(13)5-10(9)12/h3-7H,1-2H3. The van der Waals surface area contributed by atoms with Crippen LogP contribution < -0.4 is 0 Å². The fourth-order valence-corrected chi connectivity index (χ4v) is 2.34. The lowest BCUT2D eigenvalue weighted by Crippen LogP contribution is -2.02. The van der Waals surface area contributed by atoms with Crippen molar-refractivity contribution >= 4 is 27.5 Å². The molecule has 1 heterocycles. The van der Waals surface area contributed by atoms with E-state index in [9.17, 15) is 0 Å². The van der Waals surface area contributed by atoms with Crippen molar-refractivity contribution in [1.82, 2.24) is 14.8 Å². The topological polar surface area (TPSA) is 30.7 Å². The average molecular weight is 301 g/mol. The first-order valence-corrected chi connectivity index (χ1v) is 6.11. The monoisotopic (exact) mass is 299 g/mol. The number of aromatic nitrogens is 3. The third-order valence-corrected chi connectivity index (χ3v) is 3.19. The highest BCUT2D eigenvalue weighted by atomic mass is 79.9. The molecule has 1 aromatic carbocycles. The Hall–Kier alpha value is -0.870. The van der Waals surface area contributed by atoms with Crippen LogP contribution in [0.15, 0.2) is 29.0 Å². The zero-order valence-corrected chi connectivity index (χ0v) is 11.3. The van der Waals surface area contributed by atoms with Gasteiger partial charge in [0.05, 0.1) is 0 Å². The lowest BCUT2D eigenvalue weighted by Gasteiger charge is -2.11. The molecule has 5 heteroatoms. The van der Waals surface area contributed by atoms with Gasteiger partial charge < -0.3 is 4.57 Å². The van der Waals surface area contributed by atoms with Gasteiger partial charge in [0.1, 0.15) is 6.33 Å². The molecule has 0 bridgehead atoms. The van der Waals surface area contributed by atoms with E-state index in [-0.39, 0.29) is 0 Å². The first-order chi connectivity index (χ1) is 7.59. The van der Waals surface area contributed by atoms with Crippen LogP contribution in [0.5, 0.6) is 0 Å². The summed E-state index contributed by atoms with van der Waals surface area (Å²) < 4.78 is 2.95. The Bertz CT molecular complexity index is 508. The second-order valence-corrected chi connectivity index (χ2v) is 5.07. The van der Waals surface area contributed by atoms with Gasteiger partial charge in [0.2, 0.25) is 0 Å². The molecule has 0 fully saturated rings. The van der Waals surface area contributed by atoms with Gasteiger partial charge in [0, 0.05) is 21.1 Å². The minimum Gasteiger partial charge on any atom is -0.311 e. The van der Waals surface area contributed by atoms with Crippen molar-refractivity contribution in [1.29, 1.82) is 0 Å². The summed E-state index contributed by atoms with van der Waals surface area (Å²) in [6.45, 7) is 4.19. The number of hydrogen-bond donors (Lipinski definition) is 0. The van der Waals surface area contributed by atoms with E-state index >= 15 is 0 Å². The molecule has 2 aromatic rings. The minimum atomic E-state index is 0.326. The van der Waals surface area contributed by atoms with Gasteiger partial charge in [-0.2, -0.15) is 0 Å². The Morgan fingerprint density at radius 1 is 1.38 bits per heavy atom. The lowest BCUT2D eigenvalue weighted by molar-refractivity contribution is 0.604. The van der Waals surface area contributed by atoms with Crippen molar-refractivity contribution in [3.63, 3.8) is 0 Å². The Balaban J connectivity index is 2.54. The van der Waals surface area contributed by atoms with Crippen LogP contribution in [0.2, 0.25) is 5.02 Å². The smallest absolute Gasteiger partial charge is 0.165 e. The van der Waals surface area contributed by atoms with E-state index in [1.165, 1.54) is 0 Å². The molecule has 2 rings (SSSR count). The molecule has 1 aromatic heterocycles. The van der Waals surface area contributed by atoms with Crippen molar-refractivity contribution in [2.24, 2.45) is 0 Å². The zero-order chi connectivity index (χ0) is 11.7. The van der Waals surface area contributed by atoms with Crippen LogP contribution in [-0.2, 0) is 0 Å². The van der Waals surface area contributed by atoms with Crippen LogP contribution in [0.4, 0.5) is 0 Å². The highest BCUT2D eigenvalue weighted by Crippen LogP contribution is 2.30. The van der Waals surface area contributed by atoms with E-state index in [1.807, 2.05) is 22.8 Å². The van der Waals surface area contributed by atoms with Gasteiger partial charge in [-0.05, 0) is 48.0 Å². The van der Waals surface area contributed by atoms with Crippen molar-refractivity contribution < 1.29 is 0 Å². The van der Waals surface area contributed by atoms with E-state index in [2.05, 4.69) is 40.0 Å². The number of hydrogen-bond acceptors (Lipinski definition) is 2. The second-order valence-electron chi connectivity index (χ2n) is 3.78. The number of benzene rings is 1. The Morgan fingerprint density at radius 2 is 2.12 bits per heavy atom. The SMILES string of the molecule is CC(C)n1cnnc1-c1ccc(Cl)cc1Br. The van der Waals surface area contributed by atoms with Gasteiger partial charge in [-0.15, -0.1) is 10.2 Å². The van der Waals surface area contributed by atoms with Crippen LogP contribution in [0.3, 0.4) is 0 Å². The fourth-order valence-electron chi connectivity index (χ4n) is 1.48. The highest BCUT2D eigenvalue weighted by molar-refractivity contribution is 9.10. The molecule has 84 valence electrons. The lowest BCUT2D eigenvalue weighted by atomic mass is 10.2. The summed E-state index contributed by atoms with van der Waals surface area (Å²) in [5.74, 6) is 0.846. The number of halogens is 2. The predicted octanol–water partition coefficient (Wildman–Crippen LogP) is 3.94. The first kappa shape index (κ1) is 11.6. The molecule has 0 unspecified atom stereocenters. The summed E-state index contributed by atoms with van der Waals surface area (Å²) in [7, 11) is 0. The Morgan fingerprint density at radius 3 is 2.75 bits per heavy atom. The molecule has 0 aliphatic carbocycles. The molecule has 0 amide bonds. The van der Waals surface area contributed by atoms with Gasteiger partial charge >= 0.3 is 0 Å². The third-order valence-electron chi connectivity index (χ3n) is 2.30. The van der Waals surface area contributed by atoms with E-state index in [1.54, 1.807) is 6.33 Å². The maximum absolute atomic E-state index is 5.91. The molecule has 0 spiro atoms. The van der Waals surface area contributed by atoms with Crippen LogP contribution in [-0.4, -0.2) is 14.8 Å².